The van der Waals surface area contributed by atoms with Crippen molar-refractivity contribution in [2.24, 2.45) is 5.92 Å². The van der Waals surface area contributed by atoms with Crippen molar-refractivity contribution in [3.05, 3.63) is 72.4 Å². The summed E-state index contributed by atoms with van der Waals surface area (Å²) in [6.45, 7) is 5.78. The van der Waals surface area contributed by atoms with Gasteiger partial charge in [0.25, 0.3) is 0 Å². The van der Waals surface area contributed by atoms with Gasteiger partial charge in [0.1, 0.15) is 0 Å². The van der Waals surface area contributed by atoms with Crippen LogP contribution in [0.5, 0.6) is 0 Å². The maximum atomic E-state index is 11.1. The number of aliphatic hydroxyl groups excluding tert-OH is 4. The minimum absolute atomic E-state index is 0.0138. The summed E-state index contributed by atoms with van der Waals surface area (Å²) in [5.41, 5.74) is 1.03. The lowest BCUT2D eigenvalue weighted by molar-refractivity contribution is -0.107. The molecule has 32 heavy (non-hydrogen) atoms. The quantitative estimate of drug-likeness (QED) is 0.164. The van der Waals surface area contributed by atoms with E-state index in [1.807, 2.05) is 69.4 Å². The molecular weight excluding hydrogens is 424 g/mol. The van der Waals surface area contributed by atoms with Gasteiger partial charge in [-0.25, -0.2) is 0 Å². The maximum absolute atomic E-state index is 11.1. The topological polar surface area (TPSA) is 98.0 Å². The first-order valence-corrected chi connectivity index (χ1v) is 12.2. The highest BCUT2D eigenvalue weighted by molar-refractivity contribution is 8.13. The van der Waals surface area contributed by atoms with Gasteiger partial charge in [-0.05, 0) is 38.5 Å². The fourth-order valence-corrected chi connectivity index (χ4v) is 2.97. The molecule has 0 aliphatic carbocycles. The molecule has 4 N–H and O–H groups in total. The highest BCUT2D eigenvalue weighted by Gasteiger charge is 2.20. The van der Waals surface area contributed by atoms with Crippen molar-refractivity contribution in [2.45, 2.75) is 70.9 Å². The molecule has 0 amide bonds. The zero-order chi connectivity index (χ0) is 24.4. The second-order valence-electron chi connectivity index (χ2n) is 7.77. The molecule has 0 aliphatic rings. The Morgan fingerprint density at radius 2 is 1.53 bits per heavy atom. The van der Waals surface area contributed by atoms with Crippen molar-refractivity contribution in [3.63, 3.8) is 0 Å². The summed E-state index contributed by atoms with van der Waals surface area (Å²) in [6.07, 6.45) is 19.7. The van der Waals surface area contributed by atoms with E-state index in [0.717, 1.165) is 12.0 Å². The molecule has 0 aliphatic heterocycles. The molecule has 0 spiro atoms. The van der Waals surface area contributed by atoms with Crippen LogP contribution in [0.25, 0.3) is 0 Å². The van der Waals surface area contributed by atoms with Gasteiger partial charge in [-0.3, -0.25) is 4.79 Å². The number of hydrogen-bond donors (Lipinski definition) is 4. The average Bonchev–Trinajstić information content (AvgIpc) is 2.74. The van der Waals surface area contributed by atoms with Gasteiger partial charge >= 0.3 is 0 Å². The first-order chi connectivity index (χ1) is 15.2. The van der Waals surface area contributed by atoms with E-state index in [4.69, 9.17) is 0 Å². The standard InChI is InChI=1S/C26H40O5S/c1-5-6-15-22(27)17-23(28)18-24(29)19-25(30)21(3)14-9-7-8-12-20(2)13-10-11-16-26(31)32-4/h6-16,21-25,27-30H,5,17-19H2,1-4H3/b8-7+,13-10+,14-9+,15-6+,16-11+,20-12+/t21-,22-,23+,24-,25+/m1/s1. The molecule has 0 saturated carbocycles. The highest BCUT2D eigenvalue weighted by atomic mass is 32.2. The molecule has 0 aromatic heterocycles. The number of carbonyl (C=O) groups is 1. The molecule has 0 fully saturated rings. The van der Waals surface area contributed by atoms with Gasteiger partial charge < -0.3 is 20.4 Å². The molecule has 0 saturated heterocycles. The summed E-state index contributed by atoms with van der Waals surface area (Å²) in [7, 11) is 0. The van der Waals surface area contributed by atoms with Crippen LogP contribution in [0.15, 0.2) is 72.4 Å². The predicted octanol–water partition coefficient (Wildman–Crippen LogP) is 4.26. The van der Waals surface area contributed by atoms with Crippen molar-refractivity contribution in [2.75, 3.05) is 6.26 Å². The van der Waals surface area contributed by atoms with Crippen LogP contribution in [0.3, 0.4) is 0 Å². The minimum atomic E-state index is -0.841. The van der Waals surface area contributed by atoms with Crippen LogP contribution in [-0.4, -0.2) is 56.2 Å². The van der Waals surface area contributed by atoms with Gasteiger partial charge in [0, 0.05) is 12.3 Å². The van der Waals surface area contributed by atoms with Crippen LogP contribution < -0.4 is 0 Å². The Labute approximate surface area is 197 Å². The minimum Gasteiger partial charge on any atom is -0.393 e. The Balaban J connectivity index is 4.40. The molecule has 0 unspecified atom stereocenters. The van der Waals surface area contributed by atoms with Crippen LogP contribution in [0.1, 0.15) is 46.5 Å². The summed E-state index contributed by atoms with van der Waals surface area (Å²) >= 11 is 1.17. The highest BCUT2D eigenvalue weighted by Crippen LogP contribution is 2.16. The Morgan fingerprint density at radius 1 is 0.875 bits per heavy atom. The van der Waals surface area contributed by atoms with E-state index in [0.29, 0.717) is 0 Å². The lowest BCUT2D eigenvalue weighted by Crippen LogP contribution is -2.27. The van der Waals surface area contributed by atoms with E-state index in [9.17, 15) is 25.2 Å². The molecule has 5 nitrogen and oxygen atoms in total. The van der Waals surface area contributed by atoms with Crippen LogP contribution >= 0.6 is 11.8 Å². The van der Waals surface area contributed by atoms with E-state index in [1.54, 1.807) is 18.4 Å². The van der Waals surface area contributed by atoms with Gasteiger partial charge in [-0.1, -0.05) is 91.9 Å². The summed E-state index contributed by atoms with van der Waals surface area (Å²) in [5.74, 6) is -0.159. The van der Waals surface area contributed by atoms with Crippen molar-refractivity contribution >= 4 is 16.9 Å². The zero-order valence-electron chi connectivity index (χ0n) is 19.7. The third kappa shape index (κ3) is 16.9. The first-order valence-electron chi connectivity index (χ1n) is 11.0. The average molecular weight is 465 g/mol. The second-order valence-corrected chi connectivity index (χ2v) is 8.58. The monoisotopic (exact) mass is 464 g/mol. The summed E-state index contributed by atoms with van der Waals surface area (Å²) in [5, 5.41) is 40.2. The lowest BCUT2D eigenvalue weighted by Gasteiger charge is -2.21. The number of allylic oxidation sites excluding steroid dienone is 9. The number of aliphatic hydroxyl groups is 4. The van der Waals surface area contributed by atoms with Crippen LogP contribution in [-0.2, 0) is 4.79 Å². The smallest absolute Gasteiger partial charge is 0.211 e. The summed E-state index contributed by atoms with van der Waals surface area (Å²) in [6, 6.07) is 0. The van der Waals surface area contributed by atoms with E-state index in [-0.39, 0.29) is 30.3 Å². The lowest BCUT2D eigenvalue weighted by atomic mass is 9.95. The molecule has 5 atom stereocenters. The Kier molecular flexibility index (Phi) is 17.8. The Hall–Kier alpha value is -1.70. The molecular formula is C26H40O5S. The fraction of sp³-hybridized carbons (Fsp3) is 0.500. The van der Waals surface area contributed by atoms with Gasteiger partial charge in [-0.15, -0.1) is 0 Å². The van der Waals surface area contributed by atoms with E-state index in [2.05, 4.69) is 0 Å². The molecule has 180 valence electrons. The number of hydrogen-bond acceptors (Lipinski definition) is 6. The number of thioether (sulfide) groups is 1. The van der Waals surface area contributed by atoms with E-state index in [1.165, 1.54) is 17.8 Å². The van der Waals surface area contributed by atoms with Gasteiger partial charge in [0.05, 0.1) is 24.4 Å². The zero-order valence-corrected chi connectivity index (χ0v) is 20.5. The largest absolute Gasteiger partial charge is 0.393 e. The van der Waals surface area contributed by atoms with Crippen molar-refractivity contribution in [3.8, 4) is 0 Å². The van der Waals surface area contributed by atoms with Gasteiger partial charge in [-0.2, -0.15) is 0 Å². The first kappa shape index (κ1) is 30.3. The maximum Gasteiger partial charge on any atom is 0.211 e. The molecule has 6 heteroatoms. The molecule has 0 rings (SSSR count). The number of rotatable bonds is 15. The molecule has 0 aromatic carbocycles. The number of carbonyl (C=O) groups excluding carboxylic acids is 1. The van der Waals surface area contributed by atoms with Crippen LogP contribution in [0.2, 0.25) is 0 Å². The van der Waals surface area contributed by atoms with Crippen molar-refractivity contribution in [1.29, 1.82) is 0 Å². The van der Waals surface area contributed by atoms with Crippen molar-refractivity contribution in [1.82, 2.24) is 0 Å². The second kappa shape index (κ2) is 18.8. The molecule has 0 aromatic rings. The summed E-state index contributed by atoms with van der Waals surface area (Å²) in [4.78, 5) is 11.1. The van der Waals surface area contributed by atoms with E-state index >= 15 is 0 Å². The van der Waals surface area contributed by atoms with Crippen molar-refractivity contribution < 1.29 is 25.2 Å². The van der Waals surface area contributed by atoms with Gasteiger partial charge in [0.2, 0.25) is 5.12 Å². The summed E-state index contributed by atoms with van der Waals surface area (Å²) < 4.78 is 0. The third-order valence-corrected chi connectivity index (χ3v) is 5.21. The van der Waals surface area contributed by atoms with Gasteiger partial charge in [0.15, 0.2) is 0 Å². The predicted molar refractivity (Wildman–Crippen MR) is 135 cm³/mol. The Morgan fingerprint density at radius 3 is 2.19 bits per heavy atom. The van der Waals surface area contributed by atoms with Crippen LogP contribution in [0.4, 0.5) is 0 Å². The molecule has 0 bridgehead atoms. The molecule has 0 radical (unpaired) electrons. The van der Waals surface area contributed by atoms with Crippen LogP contribution in [0, 0.1) is 5.92 Å². The molecule has 0 heterocycles. The van der Waals surface area contributed by atoms with E-state index < -0.39 is 24.4 Å². The fourth-order valence-electron chi connectivity index (χ4n) is 2.75. The third-order valence-electron chi connectivity index (χ3n) is 4.67. The SMILES string of the molecule is CC/C=C/[C@@H](O)C[C@H](O)C[C@@H](O)C[C@H](O)[C@H](C)/C=C/C=C/C=C(C)/C=C/C=C/C(=O)SC. The normalized spacial score (nSPS) is 18.3. The Bertz CT molecular complexity index is 690.